The average Bonchev–Trinajstić information content (AvgIpc) is 2.28. The number of hydrogen-bond acceptors (Lipinski definition) is 4. The topological polar surface area (TPSA) is 96.9 Å². The Morgan fingerprint density at radius 2 is 2.44 bits per heavy atom. The first-order chi connectivity index (χ1) is 7.67. The summed E-state index contributed by atoms with van der Waals surface area (Å²) in [7, 11) is 1.52. The van der Waals surface area contributed by atoms with Crippen LogP contribution in [0.5, 0.6) is 5.75 Å². The fraction of sp³-hybridized carbons (Fsp3) is 0.200. The molecule has 0 spiro atoms. The van der Waals surface area contributed by atoms with E-state index >= 15 is 0 Å². The van der Waals surface area contributed by atoms with Crippen molar-refractivity contribution in [3.63, 3.8) is 0 Å². The van der Waals surface area contributed by atoms with Crippen LogP contribution in [0.15, 0.2) is 23.3 Å². The summed E-state index contributed by atoms with van der Waals surface area (Å²) < 4.78 is 5.04. The van der Waals surface area contributed by atoms with Crippen LogP contribution in [0.1, 0.15) is 11.1 Å². The first-order valence-corrected chi connectivity index (χ1v) is 4.53. The molecule has 0 unspecified atom stereocenters. The van der Waals surface area contributed by atoms with Crippen LogP contribution in [-0.2, 0) is 6.61 Å². The van der Waals surface area contributed by atoms with Crippen LogP contribution in [-0.4, -0.2) is 24.5 Å². The summed E-state index contributed by atoms with van der Waals surface area (Å²) in [4.78, 5) is 10.4. The number of hydrazone groups is 1. The second-order valence-electron chi connectivity index (χ2n) is 2.96. The normalized spacial score (nSPS) is 10.4. The number of nitrogens with zero attached hydrogens (tertiary/aromatic N) is 1. The van der Waals surface area contributed by atoms with Crippen molar-refractivity contribution in [1.29, 1.82) is 0 Å². The molecule has 0 fully saturated rings. The van der Waals surface area contributed by atoms with Crippen molar-refractivity contribution in [2.75, 3.05) is 7.11 Å². The summed E-state index contributed by atoms with van der Waals surface area (Å²) >= 11 is 0. The van der Waals surface area contributed by atoms with Crippen molar-refractivity contribution in [2.45, 2.75) is 6.61 Å². The van der Waals surface area contributed by atoms with E-state index in [4.69, 9.17) is 15.6 Å². The van der Waals surface area contributed by atoms with Gasteiger partial charge in [-0.05, 0) is 23.8 Å². The Hall–Kier alpha value is -2.08. The molecule has 86 valence electrons. The lowest BCUT2D eigenvalue weighted by Crippen LogP contribution is -2.24. The highest BCUT2D eigenvalue weighted by atomic mass is 16.5. The number of nitrogens with two attached hydrogens (primary N) is 1. The van der Waals surface area contributed by atoms with E-state index in [1.54, 1.807) is 18.2 Å². The van der Waals surface area contributed by atoms with Crippen LogP contribution in [0.25, 0.3) is 0 Å². The van der Waals surface area contributed by atoms with Crippen LogP contribution < -0.4 is 15.9 Å². The average molecular weight is 223 g/mol. The Kier molecular flexibility index (Phi) is 4.28. The number of carbonyl (C=O) groups excluding carboxylic acids is 1. The zero-order valence-corrected chi connectivity index (χ0v) is 8.80. The van der Waals surface area contributed by atoms with Gasteiger partial charge in [-0.3, -0.25) is 0 Å². The zero-order valence-electron chi connectivity index (χ0n) is 8.80. The molecule has 2 amide bonds. The Morgan fingerprint density at radius 3 is 3.00 bits per heavy atom. The molecule has 1 aromatic rings. The van der Waals surface area contributed by atoms with Crippen molar-refractivity contribution in [2.24, 2.45) is 10.8 Å². The van der Waals surface area contributed by atoms with E-state index in [1.165, 1.54) is 13.3 Å². The molecule has 6 nitrogen and oxygen atoms in total. The Bertz CT molecular complexity index is 404. The number of amides is 2. The van der Waals surface area contributed by atoms with Crippen molar-refractivity contribution < 1.29 is 14.6 Å². The fourth-order valence-electron chi connectivity index (χ4n) is 1.17. The molecule has 1 aromatic carbocycles. The van der Waals surface area contributed by atoms with Gasteiger partial charge in [-0.25, -0.2) is 10.2 Å². The van der Waals surface area contributed by atoms with E-state index in [-0.39, 0.29) is 6.61 Å². The summed E-state index contributed by atoms with van der Waals surface area (Å²) in [6.45, 7) is -0.131. The van der Waals surface area contributed by atoms with Gasteiger partial charge in [-0.15, -0.1) is 0 Å². The molecule has 0 saturated heterocycles. The van der Waals surface area contributed by atoms with Gasteiger partial charge in [0.2, 0.25) is 0 Å². The number of carbonyl (C=O) groups is 1. The van der Waals surface area contributed by atoms with Crippen molar-refractivity contribution in [3.05, 3.63) is 29.3 Å². The molecule has 0 heterocycles. The SMILES string of the molecule is COc1ccc(C=NNC(N)=O)cc1CO. The molecule has 0 bridgehead atoms. The number of benzene rings is 1. The van der Waals surface area contributed by atoms with Gasteiger partial charge in [0.1, 0.15) is 5.75 Å². The van der Waals surface area contributed by atoms with E-state index < -0.39 is 6.03 Å². The number of aliphatic hydroxyl groups is 1. The summed E-state index contributed by atoms with van der Waals surface area (Å²) in [6, 6.07) is 4.42. The number of methoxy groups -OCH3 is 1. The second kappa shape index (κ2) is 5.72. The number of nitrogens with one attached hydrogen (secondary N) is 1. The lowest BCUT2D eigenvalue weighted by molar-refractivity contribution is 0.249. The molecule has 0 radical (unpaired) electrons. The van der Waals surface area contributed by atoms with Crippen molar-refractivity contribution >= 4 is 12.2 Å². The molecular weight excluding hydrogens is 210 g/mol. The summed E-state index contributed by atoms with van der Waals surface area (Å²) in [6.07, 6.45) is 1.42. The van der Waals surface area contributed by atoms with Crippen LogP contribution in [0.4, 0.5) is 4.79 Å². The van der Waals surface area contributed by atoms with Gasteiger partial charge >= 0.3 is 6.03 Å². The van der Waals surface area contributed by atoms with E-state index in [1.807, 2.05) is 0 Å². The van der Waals surface area contributed by atoms with Crippen LogP contribution in [0.3, 0.4) is 0 Å². The first-order valence-electron chi connectivity index (χ1n) is 4.53. The van der Waals surface area contributed by atoms with Gasteiger partial charge < -0.3 is 15.6 Å². The van der Waals surface area contributed by atoms with E-state index in [0.717, 1.165) is 5.56 Å². The Morgan fingerprint density at radius 1 is 1.69 bits per heavy atom. The molecule has 0 aromatic heterocycles. The predicted octanol–water partition coefficient (Wildman–Crippen LogP) is 0.190. The molecule has 0 aliphatic rings. The smallest absolute Gasteiger partial charge is 0.332 e. The molecule has 4 N–H and O–H groups in total. The van der Waals surface area contributed by atoms with Gasteiger partial charge in [0.25, 0.3) is 0 Å². The molecule has 0 saturated carbocycles. The predicted molar refractivity (Wildman–Crippen MR) is 59.2 cm³/mol. The number of ether oxygens (including phenoxy) is 1. The van der Waals surface area contributed by atoms with Gasteiger partial charge in [0.15, 0.2) is 0 Å². The van der Waals surface area contributed by atoms with Crippen LogP contribution in [0, 0.1) is 0 Å². The summed E-state index contributed by atoms with van der Waals surface area (Å²) in [5.74, 6) is 0.600. The maximum atomic E-state index is 10.4. The Labute approximate surface area is 92.7 Å². The minimum atomic E-state index is -0.729. The maximum Gasteiger partial charge on any atom is 0.332 e. The largest absolute Gasteiger partial charge is 0.496 e. The van der Waals surface area contributed by atoms with Gasteiger partial charge in [-0.1, -0.05) is 0 Å². The minimum Gasteiger partial charge on any atom is -0.496 e. The van der Waals surface area contributed by atoms with Gasteiger partial charge in [0, 0.05) is 5.56 Å². The molecule has 0 aliphatic heterocycles. The fourth-order valence-corrected chi connectivity index (χ4v) is 1.17. The lowest BCUT2D eigenvalue weighted by atomic mass is 10.1. The molecule has 6 heteroatoms. The molecular formula is C10H13N3O3. The number of hydrogen-bond donors (Lipinski definition) is 3. The quantitative estimate of drug-likeness (QED) is 0.502. The number of urea groups is 1. The number of primary amides is 1. The van der Waals surface area contributed by atoms with Gasteiger partial charge in [0.05, 0.1) is 19.9 Å². The third kappa shape index (κ3) is 3.25. The third-order valence-corrected chi connectivity index (χ3v) is 1.86. The standard InChI is InChI=1S/C10H13N3O3/c1-16-9-3-2-7(4-8(9)6-14)5-12-13-10(11)15/h2-5,14H,6H2,1H3,(H3,11,13,15). The summed E-state index contributed by atoms with van der Waals surface area (Å²) in [5, 5.41) is 12.7. The Balaban J connectivity index is 2.82. The highest BCUT2D eigenvalue weighted by Gasteiger charge is 2.01. The molecule has 1 rings (SSSR count). The molecule has 0 aliphatic carbocycles. The monoisotopic (exact) mass is 223 g/mol. The van der Waals surface area contributed by atoms with Gasteiger partial charge in [-0.2, -0.15) is 5.10 Å². The van der Waals surface area contributed by atoms with Crippen LogP contribution >= 0.6 is 0 Å². The van der Waals surface area contributed by atoms with E-state index in [2.05, 4.69) is 10.5 Å². The highest BCUT2D eigenvalue weighted by Crippen LogP contribution is 2.18. The summed E-state index contributed by atoms with van der Waals surface area (Å²) in [5.41, 5.74) is 8.27. The lowest BCUT2D eigenvalue weighted by Gasteiger charge is -2.06. The first kappa shape index (κ1) is 12.0. The van der Waals surface area contributed by atoms with E-state index in [9.17, 15) is 4.79 Å². The van der Waals surface area contributed by atoms with E-state index in [0.29, 0.717) is 11.3 Å². The maximum absolute atomic E-state index is 10.4. The number of rotatable bonds is 4. The highest BCUT2D eigenvalue weighted by molar-refractivity contribution is 5.82. The zero-order chi connectivity index (χ0) is 12.0. The third-order valence-electron chi connectivity index (χ3n) is 1.86. The number of aliphatic hydroxyl groups excluding tert-OH is 1. The van der Waals surface area contributed by atoms with Crippen molar-refractivity contribution in [1.82, 2.24) is 5.43 Å². The van der Waals surface area contributed by atoms with Crippen molar-refractivity contribution in [3.8, 4) is 5.75 Å². The second-order valence-corrected chi connectivity index (χ2v) is 2.96. The molecule has 16 heavy (non-hydrogen) atoms. The minimum absolute atomic E-state index is 0.131. The van der Waals surface area contributed by atoms with Crippen LogP contribution in [0.2, 0.25) is 0 Å². The molecule has 0 atom stereocenters.